The van der Waals surface area contributed by atoms with Gasteiger partial charge in [-0.05, 0) is 38.2 Å². The minimum Gasteiger partial charge on any atom is -0.389 e. The molecular weight excluding hydrogens is 400 g/mol. The lowest BCUT2D eigenvalue weighted by atomic mass is 9.71. The Morgan fingerprint density at radius 3 is 1.69 bits per heavy atom. The quantitative estimate of drug-likeness (QED) is 0.597. The Morgan fingerprint density at radius 1 is 0.719 bits per heavy atom. The van der Waals surface area contributed by atoms with Crippen LogP contribution in [0.1, 0.15) is 93.0 Å². The standard InChI is InChI=1S/C15H20O2.C13H16O2/c1-12(16)14(13-8-4-2-5-9-13)15(17)10-6-3-7-11-15;14-12(11-7-3-1-4-8-11)13(15)9-5-2-6-10-13/h2,4-5,8-9,14,17H,3,6-7,10-11H2,1H3;1,3-4,7-8,15H,2,5-6,9-10H2. The van der Waals surface area contributed by atoms with Crippen LogP contribution in [-0.2, 0) is 4.79 Å². The second-order valence-corrected chi connectivity index (χ2v) is 9.41. The molecule has 0 aromatic heterocycles. The molecular formula is C28H36O4. The number of Topliss-reactive ketones (excluding diaryl/α,β-unsaturated/α-hetero) is 2. The summed E-state index contributed by atoms with van der Waals surface area (Å²) in [6, 6.07) is 18.8. The van der Waals surface area contributed by atoms with Gasteiger partial charge in [0.05, 0.1) is 11.5 Å². The van der Waals surface area contributed by atoms with E-state index >= 15 is 0 Å². The molecule has 32 heavy (non-hydrogen) atoms. The fraction of sp³-hybridized carbons (Fsp3) is 0.500. The molecule has 2 aromatic rings. The second-order valence-electron chi connectivity index (χ2n) is 9.41. The summed E-state index contributed by atoms with van der Waals surface area (Å²) in [5, 5.41) is 21.0. The minimum absolute atomic E-state index is 0.0700. The molecule has 2 fully saturated rings. The van der Waals surface area contributed by atoms with E-state index in [9.17, 15) is 19.8 Å². The minimum atomic E-state index is -1.10. The van der Waals surface area contributed by atoms with E-state index in [1.807, 2.05) is 48.5 Å². The van der Waals surface area contributed by atoms with Gasteiger partial charge in [-0.25, -0.2) is 0 Å². The van der Waals surface area contributed by atoms with Crippen molar-refractivity contribution < 1.29 is 19.8 Å². The molecule has 4 heteroatoms. The van der Waals surface area contributed by atoms with E-state index in [2.05, 4.69) is 0 Å². The van der Waals surface area contributed by atoms with Crippen molar-refractivity contribution >= 4 is 11.6 Å². The van der Waals surface area contributed by atoms with Gasteiger partial charge in [0.2, 0.25) is 0 Å². The largest absolute Gasteiger partial charge is 0.389 e. The Labute approximate surface area is 191 Å². The van der Waals surface area contributed by atoms with Crippen LogP contribution in [0.25, 0.3) is 0 Å². The van der Waals surface area contributed by atoms with Crippen molar-refractivity contribution in [2.45, 2.75) is 88.3 Å². The van der Waals surface area contributed by atoms with Crippen LogP contribution in [0.5, 0.6) is 0 Å². The van der Waals surface area contributed by atoms with Gasteiger partial charge >= 0.3 is 0 Å². The molecule has 0 amide bonds. The Kier molecular flexibility index (Phi) is 8.38. The molecule has 0 saturated heterocycles. The van der Waals surface area contributed by atoms with Crippen molar-refractivity contribution in [2.75, 3.05) is 0 Å². The van der Waals surface area contributed by atoms with Gasteiger partial charge in [0.1, 0.15) is 11.4 Å². The van der Waals surface area contributed by atoms with Gasteiger partial charge in [-0.2, -0.15) is 0 Å². The number of rotatable bonds is 5. The maximum atomic E-state index is 12.1. The first-order valence-corrected chi connectivity index (χ1v) is 12.0. The highest BCUT2D eigenvalue weighted by molar-refractivity contribution is 6.02. The predicted octanol–water partition coefficient (Wildman–Crippen LogP) is 5.62. The summed E-state index contributed by atoms with van der Waals surface area (Å²) in [6.45, 7) is 1.59. The van der Waals surface area contributed by atoms with Crippen LogP contribution in [0, 0.1) is 0 Å². The maximum Gasteiger partial charge on any atom is 0.194 e. The zero-order valence-electron chi connectivity index (χ0n) is 19.1. The van der Waals surface area contributed by atoms with Crippen molar-refractivity contribution in [2.24, 2.45) is 0 Å². The van der Waals surface area contributed by atoms with E-state index in [0.29, 0.717) is 18.4 Å². The summed E-state index contributed by atoms with van der Waals surface area (Å²) in [5.41, 5.74) is -0.350. The molecule has 0 aliphatic heterocycles. The Balaban J connectivity index is 0.000000182. The molecule has 2 aromatic carbocycles. The Morgan fingerprint density at radius 2 is 1.19 bits per heavy atom. The first kappa shape index (κ1) is 24.3. The molecule has 0 bridgehead atoms. The molecule has 4 nitrogen and oxygen atoms in total. The highest BCUT2D eigenvalue weighted by atomic mass is 16.3. The summed E-state index contributed by atoms with van der Waals surface area (Å²) in [7, 11) is 0. The van der Waals surface area contributed by atoms with Crippen LogP contribution < -0.4 is 0 Å². The second kappa shape index (κ2) is 11.0. The van der Waals surface area contributed by atoms with E-state index in [1.54, 1.807) is 19.1 Å². The van der Waals surface area contributed by atoms with Gasteiger partial charge in [0.25, 0.3) is 0 Å². The maximum absolute atomic E-state index is 12.1. The number of hydrogen-bond donors (Lipinski definition) is 2. The number of carbonyl (C=O) groups is 2. The number of aliphatic hydroxyl groups is 2. The number of benzene rings is 2. The zero-order valence-corrected chi connectivity index (χ0v) is 19.1. The zero-order chi connectivity index (χ0) is 23.0. The SMILES string of the molecule is CC(=O)C(c1ccccc1)C1(O)CCCCC1.O=C(c1ccccc1)C1(O)CCCCC1. The number of ketones is 2. The third-order valence-corrected chi connectivity index (χ3v) is 6.94. The van der Waals surface area contributed by atoms with E-state index < -0.39 is 11.2 Å². The highest BCUT2D eigenvalue weighted by Gasteiger charge is 2.41. The Hall–Kier alpha value is -2.30. The number of hydrogen-bond acceptors (Lipinski definition) is 4. The first-order valence-electron chi connectivity index (χ1n) is 12.0. The monoisotopic (exact) mass is 436 g/mol. The van der Waals surface area contributed by atoms with Crippen LogP contribution >= 0.6 is 0 Å². The summed E-state index contributed by atoms with van der Waals surface area (Å²) in [5.74, 6) is -0.396. The van der Waals surface area contributed by atoms with Crippen LogP contribution in [0.4, 0.5) is 0 Å². The van der Waals surface area contributed by atoms with Crippen LogP contribution in [0.15, 0.2) is 60.7 Å². The average Bonchev–Trinajstić information content (AvgIpc) is 2.81. The smallest absolute Gasteiger partial charge is 0.194 e. The molecule has 4 rings (SSSR count). The summed E-state index contributed by atoms with van der Waals surface area (Å²) in [6.07, 6.45) is 8.95. The molecule has 0 heterocycles. The molecule has 0 radical (unpaired) electrons. The van der Waals surface area contributed by atoms with Crippen molar-refractivity contribution in [3.63, 3.8) is 0 Å². The molecule has 1 unspecified atom stereocenters. The fourth-order valence-corrected chi connectivity index (χ4v) is 5.24. The molecule has 2 aliphatic carbocycles. The summed E-state index contributed by atoms with van der Waals surface area (Å²) in [4.78, 5) is 24.0. The first-order chi connectivity index (χ1) is 15.4. The van der Waals surface area contributed by atoms with Crippen molar-refractivity contribution in [3.8, 4) is 0 Å². The van der Waals surface area contributed by atoms with Gasteiger partial charge < -0.3 is 10.2 Å². The fourth-order valence-electron chi connectivity index (χ4n) is 5.24. The van der Waals surface area contributed by atoms with E-state index in [0.717, 1.165) is 50.5 Å². The van der Waals surface area contributed by atoms with Crippen molar-refractivity contribution in [1.29, 1.82) is 0 Å². The van der Waals surface area contributed by atoms with Gasteiger partial charge in [-0.1, -0.05) is 99.2 Å². The summed E-state index contributed by atoms with van der Waals surface area (Å²) >= 11 is 0. The van der Waals surface area contributed by atoms with Crippen molar-refractivity contribution in [3.05, 3.63) is 71.8 Å². The third-order valence-electron chi connectivity index (χ3n) is 6.94. The summed E-state index contributed by atoms with van der Waals surface area (Å²) < 4.78 is 0. The normalized spacial score (nSPS) is 20.3. The lowest BCUT2D eigenvalue weighted by Gasteiger charge is -2.38. The average molecular weight is 437 g/mol. The predicted molar refractivity (Wildman–Crippen MR) is 127 cm³/mol. The van der Waals surface area contributed by atoms with Crippen LogP contribution in [0.3, 0.4) is 0 Å². The molecule has 172 valence electrons. The van der Waals surface area contributed by atoms with E-state index in [4.69, 9.17) is 0 Å². The molecule has 2 aliphatic rings. The van der Waals surface area contributed by atoms with Gasteiger partial charge in [-0.15, -0.1) is 0 Å². The molecule has 0 spiro atoms. The van der Waals surface area contributed by atoms with Gasteiger partial charge in [0.15, 0.2) is 5.78 Å². The highest BCUT2D eigenvalue weighted by Crippen LogP contribution is 2.40. The molecule has 2 saturated carbocycles. The lowest BCUT2D eigenvalue weighted by molar-refractivity contribution is -0.126. The Bertz CT molecular complexity index is 863. The van der Waals surface area contributed by atoms with E-state index in [1.165, 1.54) is 6.42 Å². The van der Waals surface area contributed by atoms with Crippen molar-refractivity contribution in [1.82, 2.24) is 0 Å². The third kappa shape index (κ3) is 5.93. The van der Waals surface area contributed by atoms with E-state index in [-0.39, 0.29) is 17.5 Å². The molecule has 1 atom stereocenters. The van der Waals surface area contributed by atoms with Crippen LogP contribution in [0.2, 0.25) is 0 Å². The number of carbonyl (C=O) groups excluding carboxylic acids is 2. The van der Waals surface area contributed by atoms with Crippen LogP contribution in [-0.4, -0.2) is 33.0 Å². The lowest BCUT2D eigenvalue weighted by Crippen LogP contribution is -2.41. The van der Waals surface area contributed by atoms with Gasteiger partial charge in [-0.3, -0.25) is 9.59 Å². The molecule has 2 N–H and O–H groups in total. The topological polar surface area (TPSA) is 74.6 Å². The van der Waals surface area contributed by atoms with Gasteiger partial charge in [0, 0.05) is 5.56 Å².